The minimum absolute atomic E-state index is 0.232. The van der Waals surface area contributed by atoms with Gasteiger partial charge in [0.05, 0.1) is 6.10 Å². The van der Waals surface area contributed by atoms with Crippen LogP contribution in [-0.4, -0.2) is 10.7 Å². The molecular formula is C14H19NO. The van der Waals surface area contributed by atoms with Crippen molar-refractivity contribution in [3.63, 3.8) is 0 Å². The van der Waals surface area contributed by atoms with Gasteiger partial charge in [-0.15, -0.1) is 0 Å². The number of ether oxygens (including phenoxy) is 1. The van der Waals surface area contributed by atoms with E-state index in [2.05, 4.69) is 42.0 Å². The summed E-state index contributed by atoms with van der Waals surface area (Å²) in [5, 5.41) is 1.26. The quantitative estimate of drug-likeness (QED) is 0.759. The molecule has 1 heterocycles. The van der Waals surface area contributed by atoms with E-state index in [9.17, 15) is 0 Å². The molecule has 86 valence electrons. The first kappa shape index (κ1) is 11.1. The Bertz CT molecular complexity index is 471. The topological polar surface area (TPSA) is 14.2 Å². The Morgan fingerprint density at radius 3 is 2.75 bits per heavy atom. The Balaban J connectivity index is 2.33. The number of hydrogen-bond donors (Lipinski definition) is 0. The first-order chi connectivity index (χ1) is 7.70. The van der Waals surface area contributed by atoms with E-state index in [4.69, 9.17) is 4.74 Å². The normalized spacial score (nSPS) is 11.2. The molecule has 0 fully saturated rings. The van der Waals surface area contributed by atoms with Crippen molar-refractivity contribution in [2.75, 3.05) is 0 Å². The van der Waals surface area contributed by atoms with Crippen molar-refractivity contribution in [3.8, 4) is 5.75 Å². The molecule has 0 saturated heterocycles. The number of hydrogen-bond acceptors (Lipinski definition) is 1. The molecule has 0 aliphatic carbocycles. The van der Waals surface area contributed by atoms with Crippen LogP contribution in [0.5, 0.6) is 5.75 Å². The smallest absolute Gasteiger partial charge is 0.120 e. The lowest BCUT2D eigenvalue weighted by Crippen LogP contribution is -2.05. The van der Waals surface area contributed by atoms with Gasteiger partial charge in [0.15, 0.2) is 0 Å². The van der Waals surface area contributed by atoms with Gasteiger partial charge >= 0.3 is 0 Å². The number of rotatable bonds is 4. The third-order valence-corrected chi connectivity index (χ3v) is 2.58. The van der Waals surface area contributed by atoms with E-state index in [0.29, 0.717) is 0 Å². The summed E-state index contributed by atoms with van der Waals surface area (Å²) in [4.78, 5) is 0. The third kappa shape index (κ3) is 2.21. The van der Waals surface area contributed by atoms with Gasteiger partial charge < -0.3 is 9.30 Å². The zero-order chi connectivity index (χ0) is 11.5. The van der Waals surface area contributed by atoms with Gasteiger partial charge in [-0.25, -0.2) is 0 Å². The molecule has 0 spiro atoms. The molecule has 0 N–H and O–H groups in total. The van der Waals surface area contributed by atoms with Crippen LogP contribution in [0.1, 0.15) is 27.2 Å². The van der Waals surface area contributed by atoms with Crippen molar-refractivity contribution in [3.05, 3.63) is 30.5 Å². The predicted molar refractivity (Wildman–Crippen MR) is 68.0 cm³/mol. The molecule has 0 aliphatic heterocycles. The lowest BCUT2D eigenvalue weighted by Gasteiger charge is -2.10. The maximum Gasteiger partial charge on any atom is 0.120 e. The molecule has 2 nitrogen and oxygen atoms in total. The summed E-state index contributed by atoms with van der Waals surface area (Å²) in [7, 11) is 0. The standard InChI is InChI=1S/C14H19NO/c1-4-8-15-9-7-12-10-13(16-11(2)3)5-6-14(12)15/h5-7,9-11H,4,8H2,1-3H3. The molecule has 0 unspecified atom stereocenters. The van der Waals surface area contributed by atoms with E-state index in [-0.39, 0.29) is 6.10 Å². The highest BCUT2D eigenvalue weighted by Crippen LogP contribution is 2.22. The monoisotopic (exact) mass is 217 g/mol. The van der Waals surface area contributed by atoms with Gasteiger partial charge in [-0.3, -0.25) is 0 Å². The molecule has 0 radical (unpaired) electrons. The fourth-order valence-corrected chi connectivity index (χ4v) is 1.96. The van der Waals surface area contributed by atoms with Crippen molar-refractivity contribution in [1.29, 1.82) is 0 Å². The highest BCUT2D eigenvalue weighted by atomic mass is 16.5. The summed E-state index contributed by atoms with van der Waals surface area (Å²) in [6.45, 7) is 7.37. The summed E-state index contributed by atoms with van der Waals surface area (Å²) in [5.41, 5.74) is 1.29. The van der Waals surface area contributed by atoms with Gasteiger partial charge in [-0.1, -0.05) is 6.92 Å². The van der Waals surface area contributed by atoms with Crippen LogP contribution in [0.25, 0.3) is 10.9 Å². The number of fused-ring (bicyclic) bond motifs is 1. The number of aromatic nitrogens is 1. The average molecular weight is 217 g/mol. The minimum atomic E-state index is 0.232. The van der Waals surface area contributed by atoms with Crippen LogP contribution in [0.15, 0.2) is 30.5 Å². The van der Waals surface area contributed by atoms with E-state index < -0.39 is 0 Å². The van der Waals surface area contributed by atoms with Gasteiger partial charge in [0.1, 0.15) is 5.75 Å². The van der Waals surface area contributed by atoms with Gasteiger partial charge in [0, 0.05) is 23.6 Å². The van der Waals surface area contributed by atoms with Crippen LogP contribution in [0.4, 0.5) is 0 Å². The molecule has 0 atom stereocenters. The van der Waals surface area contributed by atoms with Gasteiger partial charge in [-0.2, -0.15) is 0 Å². The first-order valence-corrected chi connectivity index (χ1v) is 5.96. The van der Waals surface area contributed by atoms with Crippen molar-refractivity contribution >= 4 is 10.9 Å². The molecule has 1 aromatic carbocycles. The van der Waals surface area contributed by atoms with Crippen LogP contribution in [-0.2, 0) is 6.54 Å². The molecule has 2 aromatic rings. The Hall–Kier alpha value is -1.44. The average Bonchev–Trinajstić information content (AvgIpc) is 2.61. The molecule has 0 saturated carbocycles. The second kappa shape index (κ2) is 4.60. The van der Waals surface area contributed by atoms with E-state index in [0.717, 1.165) is 18.7 Å². The molecule has 0 amide bonds. The largest absolute Gasteiger partial charge is 0.491 e. The highest BCUT2D eigenvalue weighted by Gasteiger charge is 2.03. The second-order valence-electron chi connectivity index (χ2n) is 4.40. The molecule has 2 heteroatoms. The van der Waals surface area contributed by atoms with Crippen LogP contribution in [0.2, 0.25) is 0 Å². The van der Waals surface area contributed by atoms with E-state index >= 15 is 0 Å². The van der Waals surface area contributed by atoms with Crippen molar-refractivity contribution < 1.29 is 4.74 Å². The fraction of sp³-hybridized carbons (Fsp3) is 0.429. The van der Waals surface area contributed by atoms with Crippen molar-refractivity contribution in [2.45, 2.75) is 39.8 Å². The number of nitrogens with zero attached hydrogens (tertiary/aromatic N) is 1. The van der Waals surface area contributed by atoms with E-state index in [1.165, 1.54) is 10.9 Å². The Kier molecular flexibility index (Phi) is 3.18. The highest BCUT2D eigenvalue weighted by molar-refractivity contribution is 5.81. The van der Waals surface area contributed by atoms with Crippen molar-refractivity contribution in [1.82, 2.24) is 4.57 Å². The summed E-state index contributed by atoms with van der Waals surface area (Å²) in [6, 6.07) is 8.46. The Morgan fingerprint density at radius 2 is 2.06 bits per heavy atom. The fourth-order valence-electron chi connectivity index (χ4n) is 1.96. The first-order valence-electron chi connectivity index (χ1n) is 5.96. The van der Waals surface area contributed by atoms with Crippen LogP contribution < -0.4 is 4.74 Å². The lowest BCUT2D eigenvalue weighted by molar-refractivity contribution is 0.243. The minimum Gasteiger partial charge on any atom is -0.491 e. The van der Waals surface area contributed by atoms with E-state index in [1.54, 1.807) is 0 Å². The summed E-state index contributed by atoms with van der Waals surface area (Å²) < 4.78 is 7.97. The van der Waals surface area contributed by atoms with Crippen LogP contribution in [0, 0.1) is 0 Å². The number of aryl methyl sites for hydroxylation is 1. The summed E-state index contributed by atoms with van der Waals surface area (Å²) >= 11 is 0. The van der Waals surface area contributed by atoms with Gasteiger partial charge in [0.2, 0.25) is 0 Å². The van der Waals surface area contributed by atoms with Crippen LogP contribution >= 0.6 is 0 Å². The zero-order valence-corrected chi connectivity index (χ0v) is 10.2. The third-order valence-electron chi connectivity index (χ3n) is 2.58. The Morgan fingerprint density at radius 1 is 1.25 bits per heavy atom. The second-order valence-corrected chi connectivity index (χ2v) is 4.40. The molecule has 0 aliphatic rings. The van der Waals surface area contributed by atoms with Gasteiger partial charge in [-0.05, 0) is 44.5 Å². The van der Waals surface area contributed by atoms with Gasteiger partial charge in [0.25, 0.3) is 0 Å². The number of benzene rings is 1. The SMILES string of the molecule is CCCn1ccc2cc(OC(C)C)ccc21. The molecule has 16 heavy (non-hydrogen) atoms. The van der Waals surface area contributed by atoms with Crippen molar-refractivity contribution in [2.24, 2.45) is 0 Å². The predicted octanol–water partition coefficient (Wildman–Crippen LogP) is 3.84. The summed E-state index contributed by atoms with van der Waals surface area (Å²) in [6.07, 6.45) is 3.54. The molecule has 0 bridgehead atoms. The Labute approximate surface area is 96.8 Å². The molecular weight excluding hydrogens is 198 g/mol. The maximum atomic E-state index is 5.68. The maximum absolute atomic E-state index is 5.68. The summed E-state index contributed by atoms with van der Waals surface area (Å²) in [5.74, 6) is 0.955. The van der Waals surface area contributed by atoms with E-state index in [1.807, 2.05) is 13.8 Å². The zero-order valence-electron chi connectivity index (χ0n) is 10.2. The lowest BCUT2D eigenvalue weighted by atomic mass is 10.2. The van der Waals surface area contributed by atoms with Crippen LogP contribution in [0.3, 0.4) is 0 Å². The molecule has 2 rings (SSSR count). The molecule has 1 aromatic heterocycles.